The van der Waals surface area contributed by atoms with Crippen molar-refractivity contribution in [2.75, 3.05) is 0 Å². The van der Waals surface area contributed by atoms with Crippen LogP contribution in [0.4, 0.5) is 0 Å². The molecule has 0 aromatic rings. The Bertz CT molecular complexity index is 174. The van der Waals surface area contributed by atoms with Crippen LogP contribution in [0.2, 0.25) is 0 Å². The summed E-state index contributed by atoms with van der Waals surface area (Å²) in [6.45, 7) is 11.8. The number of carbonyl (C=O) groups is 1. The van der Waals surface area contributed by atoms with Gasteiger partial charge in [0, 0.05) is 21.1 Å². The summed E-state index contributed by atoms with van der Waals surface area (Å²) in [5.41, 5.74) is 5.37. The van der Waals surface area contributed by atoms with Crippen LogP contribution in [-0.2, 0) is 25.9 Å². The second-order valence-electron chi connectivity index (χ2n) is 2.21. The van der Waals surface area contributed by atoms with E-state index in [1.807, 2.05) is 13.8 Å². The van der Waals surface area contributed by atoms with Crippen LogP contribution in [-0.4, -0.2) is 5.91 Å². The summed E-state index contributed by atoms with van der Waals surface area (Å²) in [6, 6.07) is 0. The van der Waals surface area contributed by atoms with Crippen molar-refractivity contribution in [2.45, 2.75) is 48.0 Å². The molecule has 0 heterocycles. The molecule has 0 fully saturated rings. The Labute approximate surface area is 109 Å². The van der Waals surface area contributed by atoms with E-state index in [2.05, 4.69) is 19.9 Å². The van der Waals surface area contributed by atoms with Crippen molar-refractivity contribution in [2.24, 2.45) is 5.73 Å². The van der Waals surface area contributed by atoms with Gasteiger partial charge in [-0.3, -0.25) is 0 Å². The van der Waals surface area contributed by atoms with E-state index in [0.717, 1.165) is 0 Å². The Balaban J connectivity index is -0.0000000867. The number of nitrogens with two attached hydrogens (primary N) is 1. The van der Waals surface area contributed by atoms with Gasteiger partial charge in [-0.2, -0.15) is 12.2 Å². The Morgan fingerprint density at radius 2 is 1.60 bits per heavy atom. The summed E-state index contributed by atoms with van der Waals surface area (Å²) >= 11 is 0. The molecule has 0 saturated heterocycles. The summed E-state index contributed by atoms with van der Waals surface area (Å²) in [4.78, 5) is 10.4. The van der Waals surface area contributed by atoms with Crippen molar-refractivity contribution in [3.8, 4) is 0 Å². The fraction of sp³-hybridized carbons (Fsp3) is 0.583. The molecule has 0 aromatic heterocycles. The molecule has 1 amide bonds. The predicted octanol–water partition coefficient (Wildman–Crippen LogP) is 3.24. The van der Waals surface area contributed by atoms with Gasteiger partial charge in [0.05, 0.1) is 0 Å². The van der Waals surface area contributed by atoms with Gasteiger partial charge < -0.3 is 10.5 Å². The molecule has 15 heavy (non-hydrogen) atoms. The largest absolute Gasteiger partial charge is 0.418 e. The normalized spacial score (nSPS) is 9.07. The van der Waals surface area contributed by atoms with Gasteiger partial charge in [0.1, 0.15) is 5.91 Å². The van der Waals surface area contributed by atoms with Crippen LogP contribution in [0.15, 0.2) is 17.7 Å². The molecular formula is C12H24NOW-. The third kappa shape index (κ3) is 24.8. The minimum Gasteiger partial charge on any atom is -0.418 e. The second-order valence-corrected chi connectivity index (χ2v) is 2.21. The average Bonchev–Trinajstić information content (AvgIpc) is 2.18. The first kappa shape index (κ1) is 24.1. The zero-order chi connectivity index (χ0) is 12.0. The van der Waals surface area contributed by atoms with Gasteiger partial charge in [0.25, 0.3) is 0 Å². The SMILES string of the molecule is CC.CC=[C-]/C(=C\C)C(N)=O.CCC.[W]. The van der Waals surface area contributed by atoms with Crippen molar-refractivity contribution in [1.82, 2.24) is 0 Å². The van der Waals surface area contributed by atoms with Crippen LogP contribution in [0.1, 0.15) is 48.0 Å². The zero-order valence-corrected chi connectivity index (χ0v) is 13.7. The van der Waals surface area contributed by atoms with E-state index in [-0.39, 0.29) is 21.1 Å². The van der Waals surface area contributed by atoms with E-state index in [0.29, 0.717) is 5.57 Å². The summed E-state index contributed by atoms with van der Waals surface area (Å²) in [6.07, 6.45) is 7.22. The molecule has 0 atom stereocenters. The summed E-state index contributed by atoms with van der Waals surface area (Å²) in [5, 5.41) is 0. The molecule has 0 aliphatic heterocycles. The number of amides is 1. The van der Waals surface area contributed by atoms with Gasteiger partial charge in [0.2, 0.25) is 0 Å². The first-order chi connectivity index (χ1) is 6.63. The fourth-order valence-corrected chi connectivity index (χ4v) is 0.452. The molecule has 90 valence electrons. The van der Waals surface area contributed by atoms with Crippen LogP contribution in [0, 0.1) is 6.08 Å². The Morgan fingerprint density at radius 3 is 1.67 bits per heavy atom. The number of allylic oxidation sites excluding steroid dienone is 2. The van der Waals surface area contributed by atoms with Gasteiger partial charge in [-0.15, -0.1) is 11.6 Å². The number of hydrogen-bond acceptors (Lipinski definition) is 1. The van der Waals surface area contributed by atoms with Gasteiger partial charge in [-0.1, -0.05) is 48.0 Å². The summed E-state index contributed by atoms with van der Waals surface area (Å²) in [5.74, 6) is -0.435. The van der Waals surface area contributed by atoms with E-state index >= 15 is 0 Å². The molecule has 0 spiro atoms. The predicted molar refractivity (Wildman–Crippen MR) is 63.8 cm³/mol. The number of primary amides is 1. The first-order valence-electron chi connectivity index (χ1n) is 5.14. The van der Waals surface area contributed by atoms with Gasteiger partial charge in [0.15, 0.2) is 0 Å². The van der Waals surface area contributed by atoms with E-state index in [1.54, 1.807) is 26.0 Å². The maximum Gasteiger partial charge on any atom is 0.132 e. The van der Waals surface area contributed by atoms with E-state index < -0.39 is 5.91 Å². The average molecular weight is 382 g/mol. The summed E-state index contributed by atoms with van der Waals surface area (Å²) < 4.78 is 0. The Kier molecular flexibility index (Phi) is 37.6. The quantitative estimate of drug-likeness (QED) is 0.445. The molecule has 3 heteroatoms. The van der Waals surface area contributed by atoms with Crippen LogP contribution in [0.25, 0.3) is 0 Å². The van der Waals surface area contributed by atoms with E-state index in [1.165, 1.54) is 6.42 Å². The minimum absolute atomic E-state index is 0. The van der Waals surface area contributed by atoms with Crippen molar-refractivity contribution in [3.05, 3.63) is 23.8 Å². The molecule has 2 nitrogen and oxygen atoms in total. The van der Waals surface area contributed by atoms with Crippen LogP contribution in [0.3, 0.4) is 0 Å². The number of hydrogen-bond donors (Lipinski definition) is 1. The van der Waals surface area contributed by atoms with Crippen molar-refractivity contribution in [3.63, 3.8) is 0 Å². The second kappa shape index (κ2) is 23.4. The fourth-order valence-electron chi connectivity index (χ4n) is 0.452. The maximum atomic E-state index is 10.4. The van der Waals surface area contributed by atoms with E-state index in [9.17, 15) is 4.79 Å². The Morgan fingerprint density at radius 1 is 1.27 bits per heavy atom. The summed E-state index contributed by atoms with van der Waals surface area (Å²) in [7, 11) is 0. The van der Waals surface area contributed by atoms with Gasteiger partial charge in [-0.25, -0.2) is 0 Å². The van der Waals surface area contributed by atoms with Crippen LogP contribution < -0.4 is 5.73 Å². The molecule has 0 aliphatic carbocycles. The molecule has 0 bridgehead atoms. The topological polar surface area (TPSA) is 43.1 Å². The number of rotatable bonds is 2. The molecule has 0 saturated carbocycles. The van der Waals surface area contributed by atoms with Crippen LogP contribution >= 0.6 is 0 Å². The molecule has 0 unspecified atom stereocenters. The monoisotopic (exact) mass is 382 g/mol. The van der Waals surface area contributed by atoms with Gasteiger partial charge in [-0.05, 0) is 0 Å². The zero-order valence-electron chi connectivity index (χ0n) is 10.8. The molecule has 2 N–H and O–H groups in total. The Hall–Kier alpha value is -0.362. The standard InChI is InChI=1S/C7H10NO.C3H8.C2H6.W/c1-3-5-6(4-2)7(8)9;1-3-2;1-2;/h3-4H,1-2H3,(H2,8,9);3H2,1-2H3;1-2H3;/q-1;;;/b6-4+;;;. The van der Waals surface area contributed by atoms with Crippen molar-refractivity contribution >= 4 is 5.91 Å². The van der Waals surface area contributed by atoms with Crippen LogP contribution in [0.5, 0.6) is 0 Å². The smallest absolute Gasteiger partial charge is 0.132 e. The van der Waals surface area contributed by atoms with Crippen molar-refractivity contribution in [1.29, 1.82) is 0 Å². The van der Waals surface area contributed by atoms with Crippen molar-refractivity contribution < 1.29 is 25.9 Å². The van der Waals surface area contributed by atoms with Gasteiger partial charge >= 0.3 is 0 Å². The first-order valence-corrected chi connectivity index (χ1v) is 5.14. The maximum absolute atomic E-state index is 10.4. The third-order valence-electron chi connectivity index (χ3n) is 0.854. The molecule has 0 aromatic carbocycles. The third-order valence-corrected chi connectivity index (χ3v) is 0.854. The van der Waals surface area contributed by atoms with E-state index in [4.69, 9.17) is 5.73 Å². The minimum atomic E-state index is -0.435. The molecule has 0 rings (SSSR count). The molecule has 0 aliphatic rings. The molecule has 0 radical (unpaired) electrons. The molecular weight excluding hydrogens is 358 g/mol. The number of carbonyl (C=O) groups excluding carboxylic acids is 1.